The Balaban J connectivity index is 3.45. The van der Waals surface area contributed by atoms with Crippen LogP contribution >= 0.6 is 0 Å². The van der Waals surface area contributed by atoms with E-state index in [1.165, 1.54) is 25.7 Å². The summed E-state index contributed by atoms with van der Waals surface area (Å²) in [5.74, 6) is 0.776. The highest BCUT2D eigenvalue weighted by molar-refractivity contribution is 4.66. The molecule has 0 rings (SSSR count). The average molecular weight is 287 g/mol. The van der Waals surface area contributed by atoms with Crippen molar-refractivity contribution in [2.45, 2.75) is 46.5 Å². The molecule has 122 valence electrons. The van der Waals surface area contributed by atoms with Gasteiger partial charge in [0.15, 0.2) is 0 Å². The van der Waals surface area contributed by atoms with Gasteiger partial charge in [0.05, 0.1) is 0 Å². The lowest BCUT2D eigenvalue weighted by atomic mass is 10.0. The first-order chi connectivity index (χ1) is 9.85. The van der Waals surface area contributed by atoms with E-state index in [4.69, 9.17) is 0 Å². The molecule has 0 radical (unpaired) electrons. The highest BCUT2D eigenvalue weighted by Crippen LogP contribution is 2.03. The summed E-state index contributed by atoms with van der Waals surface area (Å²) in [6.07, 6.45) is 5.05. The zero-order chi connectivity index (χ0) is 14.9. The molecule has 0 aromatic rings. The Morgan fingerprint density at radius 1 is 0.650 bits per heavy atom. The van der Waals surface area contributed by atoms with Crippen molar-refractivity contribution >= 4 is 0 Å². The molecule has 0 aliphatic carbocycles. The molecule has 0 bridgehead atoms. The third-order valence-electron chi connectivity index (χ3n) is 3.48. The van der Waals surface area contributed by atoms with Crippen molar-refractivity contribution in [2.75, 3.05) is 52.4 Å². The molecule has 0 aromatic carbocycles. The highest BCUT2D eigenvalue weighted by Gasteiger charge is 2.06. The number of hydrogen-bond acceptors (Lipinski definition) is 4. The summed E-state index contributed by atoms with van der Waals surface area (Å²) in [5.41, 5.74) is 0. The summed E-state index contributed by atoms with van der Waals surface area (Å²) in [6.45, 7) is 15.6. The van der Waals surface area contributed by atoms with Crippen molar-refractivity contribution in [1.29, 1.82) is 0 Å². The van der Waals surface area contributed by atoms with Gasteiger partial charge in [0.25, 0.3) is 0 Å². The minimum absolute atomic E-state index is 0.776. The summed E-state index contributed by atoms with van der Waals surface area (Å²) in [6, 6.07) is 0. The molecule has 0 saturated heterocycles. The highest BCUT2D eigenvalue weighted by atomic mass is 14.9. The Bertz CT molecular complexity index is 160. The monoisotopic (exact) mass is 286 g/mol. The Labute approximate surface area is 126 Å². The van der Waals surface area contributed by atoms with E-state index in [2.05, 4.69) is 42.0 Å². The van der Waals surface area contributed by atoms with Crippen molar-refractivity contribution in [3.05, 3.63) is 0 Å². The molecule has 4 heteroatoms. The largest absolute Gasteiger partial charge is 0.317 e. The molecule has 0 spiro atoms. The molecule has 4 nitrogen and oxygen atoms in total. The second kappa shape index (κ2) is 16.9. The molecule has 0 amide bonds. The predicted octanol–water partition coefficient (Wildman–Crippen LogP) is 1.58. The van der Waals surface area contributed by atoms with Crippen molar-refractivity contribution in [2.24, 2.45) is 5.92 Å². The zero-order valence-electron chi connectivity index (χ0n) is 14.1. The van der Waals surface area contributed by atoms with Gasteiger partial charge in [-0.3, -0.25) is 0 Å². The van der Waals surface area contributed by atoms with Crippen LogP contribution in [-0.4, -0.2) is 52.4 Å². The first-order valence-corrected chi connectivity index (χ1v) is 8.67. The number of nitrogens with one attached hydrogen (secondary N) is 4. The minimum Gasteiger partial charge on any atom is -0.317 e. The Morgan fingerprint density at radius 3 is 1.50 bits per heavy atom. The number of rotatable bonds is 16. The standard InChI is InChI=1S/C16H38N4/c1-4-9-16(14-19-12-7-10-17-5-2)15-20-13-8-11-18-6-3/h16-20H,4-15H2,1-3H3. The lowest BCUT2D eigenvalue weighted by molar-refractivity contribution is 0.409. The van der Waals surface area contributed by atoms with Crippen LogP contribution in [0.3, 0.4) is 0 Å². The Hall–Kier alpha value is -0.160. The van der Waals surface area contributed by atoms with E-state index in [0.717, 1.165) is 58.3 Å². The first kappa shape index (κ1) is 19.8. The van der Waals surface area contributed by atoms with Crippen LogP contribution in [0.2, 0.25) is 0 Å². The van der Waals surface area contributed by atoms with E-state index in [9.17, 15) is 0 Å². The van der Waals surface area contributed by atoms with Gasteiger partial charge in [-0.25, -0.2) is 0 Å². The van der Waals surface area contributed by atoms with Gasteiger partial charge in [-0.1, -0.05) is 27.2 Å². The Morgan fingerprint density at radius 2 is 1.10 bits per heavy atom. The van der Waals surface area contributed by atoms with E-state index in [0.29, 0.717) is 0 Å². The minimum atomic E-state index is 0.776. The third kappa shape index (κ3) is 14.3. The third-order valence-corrected chi connectivity index (χ3v) is 3.48. The van der Waals surface area contributed by atoms with Gasteiger partial charge in [-0.05, 0) is 77.5 Å². The SMILES string of the molecule is CCCC(CNCCCNCC)CNCCCNCC. The normalized spacial score (nSPS) is 11.4. The second-order valence-electron chi connectivity index (χ2n) is 5.48. The molecule has 0 fully saturated rings. The van der Waals surface area contributed by atoms with Gasteiger partial charge in [0.2, 0.25) is 0 Å². The average Bonchev–Trinajstić information content (AvgIpc) is 2.46. The topological polar surface area (TPSA) is 48.1 Å². The lowest BCUT2D eigenvalue weighted by Crippen LogP contribution is -2.33. The fraction of sp³-hybridized carbons (Fsp3) is 1.00. The van der Waals surface area contributed by atoms with Gasteiger partial charge in [-0.15, -0.1) is 0 Å². The van der Waals surface area contributed by atoms with Crippen LogP contribution < -0.4 is 21.3 Å². The van der Waals surface area contributed by atoms with Gasteiger partial charge in [0.1, 0.15) is 0 Å². The fourth-order valence-electron chi connectivity index (χ4n) is 2.33. The maximum atomic E-state index is 3.60. The Kier molecular flexibility index (Phi) is 16.8. The van der Waals surface area contributed by atoms with Gasteiger partial charge in [0, 0.05) is 0 Å². The van der Waals surface area contributed by atoms with Crippen LogP contribution in [0.25, 0.3) is 0 Å². The van der Waals surface area contributed by atoms with Crippen LogP contribution in [0.15, 0.2) is 0 Å². The van der Waals surface area contributed by atoms with E-state index < -0.39 is 0 Å². The maximum Gasteiger partial charge on any atom is -0.000837 e. The van der Waals surface area contributed by atoms with E-state index >= 15 is 0 Å². The summed E-state index contributed by atoms with van der Waals surface area (Å²) >= 11 is 0. The molecule has 20 heavy (non-hydrogen) atoms. The van der Waals surface area contributed by atoms with E-state index in [1.54, 1.807) is 0 Å². The summed E-state index contributed by atoms with van der Waals surface area (Å²) in [5, 5.41) is 13.9. The van der Waals surface area contributed by atoms with Crippen LogP contribution in [0.5, 0.6) is 0 Å². The molecule has 0 atom stereocenters. The molecule has 0 aromatic heterocycles. The second-order valence-corrected chi connectivity index (χ2v) is 5.48. The molecular weight excluding hydrogens is 248 g/mol. The molecular formula is C16H38N4. The molecule has 0 aliphatic rings. The van der Waals surface area contributed by atoms with Crippen molar-refractivity contribution in [1.82, 2.24) is 21.3 Å². The smallest absolute Gasteiger partial charge is 0.000837 e. The van der Waals surface area contributed by atoms with Gasteiger partial charge in [-0.2, -0.15) is 0 Å². The van der Waals surface area contributed by atoms with E-state index in [1.807, 2.05) is 0 Å². The maximum absolute atomic E-state index is 3.60. The van der Waals surface area contributed by atoms with Crippen LogP contribution in [0, 0.1) is 5.92 Å². The van der Waals surface area contributed by atoms with Gasteiger partial charge < -0.3 is 21.3 Å². The molecule has 0 saturated carbocycles. The predicted molar refractivity (Wildman–Crippen MR) is 90.5 cm³/mol. The molecule has 0 heterocycles. The fourth-order valence-corrected chi connectivity index (χ4v) is 2.33. The number of hydrogen-bond donors (Lipinski definition) is 4. The summed E-state index contributed by atoms with van der Waals surface area (Å²) in [4.78, 5) is 0. The summed E-state index contributed by atoms with van der Waals surface area (Å²) < 4.78 is 0. The van der Waals surface area contributed by atoms with E-state index in [-0.39, 0.29) is 0 Å². The molecule has 4 N–H and O–H groups in total. The van der Waals surface area contributed by atoms with Gasteiger partial charge >= 0.3 is 0 Å². The molecule has 0 aliphatic heterocycles. The molecule has 0 unspecified atom stereocenters. The summed E-state index contributed by atoms with van der Waals surface area (Å²) in [7, 11) is 0. The zero-order valence-corrected chi connectivity index (χ0v) is 14.1. The first-order valence-electron chi connectivity index (χ1n) is 8.67. The van der Waals surface area contributed by atoms with Crippen molar-refractivity contribution in [3.8, 4) is 0 Å². The van der Waals surface area contributed by atoms with Crippen molar-refractivity contribution in [3.63, 3.8) is 0 Å². The lowest BCUT2D eigenvalue weighted by Gasteiger charge is -2.18. The van der Waals surface area contributed by atoms with Crippen molar-refractivity contribution < 1.29 is 0 Å². The van der Waals surface area contributed by atoms with Crippen LogP contribution in [0.1, 0.15) is 46.5 Å². The quantitative estimate of drug-likeness (QED) is 0.325. The van der Waals surface area contributed by atoms with Crippen LogP contribution in [-0.2, 0) is 0 Å². The van der Waals surface area contributed by atoms with Crippen LogP contribution in [0.4, 0.5) is 0 Å².